The molecule has 2 N–H and O–H groups in total. The van der Waals surface area contributed by atoms with E-state index in [0.29, 0.717) is 18.4 Å². The van der Waals surface area contributed by atoms with Crippen molar-refractivity contribution in [3.63, 3.8) is 0 Å². The Morgan fingerprint density at radius 3 is 2.68 bits per heavy atom. The molecule has 3 nitrogen and oxygen atoms in total. The molecule has 3 rings (SSSR count). The molecule has 2 fully saturated rings. The van der Waals surface area contributed by atoms with Crippen LogP contribution in [0.3, 0.4) is 0 Å². The number of nitrogens with two attached hydrogens (primary N) is 1. The second kappa shape index (κ2) is 4.97. The summed E-state index contributed by atoms with van der Waals surface area (Å²) in [4.78, 5) is 14.9. The van der Waals surface area contributed by atoms with Crippen LogP contribution in [0.5, 0.6) is 0 Å². The van der Waals surface area contributed by atoms with Crippen LogP contribution in [-0.4, -0.2) is 30.4 Å². The number of hydrogen-bond donors (Lipinski definition) is 1. The molecule has 0 spiro atoms. The average Bonchev–Trinajstić information content (AvgIpc) is 3.29. The summed E-state index contributed by atoms with van der Waals surface area (Å²) in [5, 5.41) is 0. The zero-order chi connectivity index (χ0) is 13.3. The first-order valence-electron chi connectivity index (χ1n) is 7.31. The average molecular weight is 258 g/mol. The smallest absolute Gasteiger partial charge is 0.233 e. The lowest BCUT2D eigenvalue weighted by atomic mass is 9.91. The Morgan fingerprint density at radius 2 is 2.05 bits per heavy atom. The fourth-order valence-corrected chi connectivity index (χ4v) is 3.25. The molecule has 102 valence electrons. The largest absolute Gasteiger partial charge is 0.342 e. The van der Waals surface area contributed by atoms with Crippen LogP contribution in [0.4, 0.5) is 0 Å². The Balaban J connectivity index is 1.77. The highest BCUT2D eigenvalue weighted by molar-refractivity contribution is 5.91. The van der Waals surface area contributed by atoms with Crippen LogP contribution in [0, 0.1) is 5.92 Å². The van der Waals surface area contributed by atoms with E-state index >= 15 is 0 Å². The molecule has 0 bridgehead atoms. The Kier molecular flexibility index (Phi) is 3.31. The molecule has 0 radical (unpaired) electrons. The highest BCUT2D eigenvalue weighted by Crippen LogP contribution is 2.49. The predicted octanol–water partition coefficient (Wildman–Crippen LogP) is 1.92. The molecule has 1 amide bonds. The molecule has 1 saturated carbocycles. The molecule has 3 heteroatoms. The molecule has 1 aliphatic carbocycles. The molecular formula is C16H22N2O. The van der Waals surface area contributed by atoms with E-state index in [4.69, 9.17) is 5.73 Å². The Hall–Kier alpha value is -1.35. The molecule has 1 aromatic rings. The quantitative estimate of drug-likeness (QED) is 0.900. The first-order valence-corrected chi connectivity index (χ1v) is 7.31. The van der Waals surface area contributed by atoms with Crippen molar-refractivity contribution < 1.29 is 4.79 Å². The van der Waals surface area contributed by atoms with Gasteiger partial charge in [0.05, 0.1) is 5.41 Å². The van der Waals surface area contributed by atoms with Crippen LogP contribution >= 0.6 is 0 Å². The van der Waals surface area contributed by atoms with Crippen LogP contribution in [0.1, 0.15) is 31.2 Å². The number of rotatable bonds is 3. The maximum absolute atomic E-state index is 12.8. The van der Waals surface area contributed by atoms with Gasteiger partial charge in [0.1, 0.15) is 0 Å². The van der Waals surface area contributed by atoms with Crippen molar-refractivity contribution in [2.75, 3.05) is 19.6 Å². The van der Waals surface area contributed by atoms with E-state index in [2.05, 4.69) is 17.0 Å². The number of hydrogen-bond acceptors (Lipinski definition) is 2. The fraction of sp³-hybridized carbons (Fsp3) is 0.562. The number of benzene rings is 1. The van der Waals surface area contributed by atoms with Gasteiger partial charge in [-0.2, -0.15) is 0 Å². The zero-order valence-corrected chi connectivity index (χ0v) is 11.3. The van der Waals surface area contributed by atoms with Gasteiger partial charge in [0.25, 0.3) is 0 Å². The van der Waals surface area contributed by atoms with E-state index in [9.17, 15) is 4.79 Å². The third-order valence-electron chi connectivity index (χ3n) is 4.63. The van der Waals surface area contributed by atoms with Crippen LogP contribution in [-0.2, 0) is 10.2 Å². The third kappa shape index (κ3) is 2.27. The van der Waals surface area contributed by atoms with Gasteiger partial charge in [-0.05, 0) is 43.7 Å². The van der Waals surface area contributed by atoms with Crippen molar-refractivity contribution in [3.8, 4) is 0 Å². The van der Waals surface area contributed by atoms with Crippen molar-refractivity contribution in [1.82, 2.24) is 4.90 Å². The lowest BCUT2D eigenvalue weighted by molar-refractivity contribution is -0.135. The van der Waals surface area contributed by atoms with E-state index in [-0.39, 0.29) is 5.41 Å². The van der Waals surface area contributed by atoms with Gasteiger partial charge in [-0.3, -0.25) is 4.79 Å². The van der Waals surface area contributed by atoms with Gasteiger partial charge in [-0.1, -0.05) is 30.3 Å². The van der Waals surface area contributed by atoms with Gasteiger partial charge in [-0.15, -0.1) is 0 Å². The molecule has 1 atom stereocenters. The van der Waals surface area contributed by atoms with Crippen LogP contribution < -0.4 is 5.73 Å². The highest BCUT2D eigenvalue weighted by Gasteiger charge is 2.53. The SMILES string of the molecule is NC[C@H]1CCCN(C(=O)C2(c3ccccc3)CC2)C1. The third-order valence-corrected chi connectivity index (χ3v) is 4.63. The lowest BCUT2D eigenvalue weighted by Gasteiger charge is -2.35. The van der Waals surface area contributed by atoms with E-state index in [1.165, 1.54) is 12.0 Å². The minimum Gasteiger partial charge on any atom is -0.342 e. The molecule has 1 aliphatic heterocycles. The summed E-state index contributed by atoms with van der Waals surface area (Å²) < 4.78 is 0. The molecule has 19 heavy (non-hydrogen) atoms. The molecule has 0 aromatic heterocycles. The molecule has 1 saturated heterocycles. The topological polar surface area (TPSA) is 46.3 Å². The van der Waals surface area contributed by atoms with Gasteiger partial charge in [0, 0.05) is 13.1 Å². The minimum absolute atomic E-state index is 0.211. The summed E-state index contributed by atoms with van der Waals surface area (Å²) in [5.41, 5.74) is 6.74. The van der Waals surface area contributed by atoms with Crippen molar-refractivity contribution in [2.45, 2.75) is 31.1 Å². The van der Waals surface area contributed by atoms with E-state index in [0.717, 1.165) is 32.4 Å². The predicted molar refractivity (Wildman–Crippen MR) is 75.7 cm³/mol. The van der Waals surface area contributed by atoms with Gasteiger partial charge in [0.15, 0.2) is 0 Å². The monoisotopic (exact) mass is 258 g/mol. The summed E-state index contributed by atoms with van der Waals surface area (Å²) in [7, 11) is 0. The van der Waals surface area contributed by atoms with Crippen LogP contribution in [0.15, 0.2) is 30.3 Å². The normalized spacial score (nSPS) is 25.1. The van der Waals surface area contributed by atoms with Gasteiger partial charge in [-0.25, -0.2) is 0 Å². The molecular weight excluding hydrogens is 236 g/mol. The Bertz CT molecular complexity index is 453. The molecule has 2 aliphatic rings. The summed E-state index contributed by atoms with van der Waals surface area (Å²) in [6.07, 6.45) is 4.26. The number of carbonyl (C=O) groups is 1. The van der Waals surface area contributed by atoms with Gasteiger partial charge >= 0.3 is 0 Å². The minimum atomic E-state index is -0.211. The summed E-state index contributed by atoms with van der Waals surface area (Å²) in [6, 6.07) is 10.3. The number of nitrogens with zero attached hydrogens (tertiary/aromatic N) is 1. The first kappa shape index (κ1) is 12.7. The Morgan fingerprint density at radius 1 is 1.32 bits per heavy atom. The Labute approximate surface area is 114 Å². The maximum Gasteiger partial charge on any atom is 0.233 e. The van der Waals surface area contributed by atoms with E-state index in [1.807, 2.05) is 18.2 Å². The summed E-state index contributed by atoms with van der Waals surface area (Å²) >= 11 is 0. The summed E-state index contributed by atoms with van der Waals surface area (Å²) in [6.45, 7) is 2.45. The summed E-state index contributed by atoms with van der Waals surface area (Å²) in [5.74, 6) is 0.820. The number of carbonyl (C=O) groups excluding carboxylic acids is 1. The van der Waals surface area contributed by atoms with Crippen molar-refractivity contribution in [3.05, 3.63) is 35.9 Å². The second-order valence-corrected chi connectivity index (χ2v) is 5.94. The van der Waals surface area contributed by atoms with Crippen molar-refractivity contribution in [2.24, 2.45) is 11.7 Å². The first-order chi connectivity index (χ1) is 9.26. The fourth-order valence-electron chi connectivity index (χ4n) is 3.25. The van der Waals surface area contributed by atoms with Gasteiger partial charge < -0.3 is 10.6 Å². The molecule has 1 heterocycles. The standard InChI is InChI=1S/C16H22N2O/c17-11-13-5-4-10-18(12-13)15(19)16(8-9-16)14-6-2-1-3-7-14/h1-3,6-7,13H,4-5,8-12,17H2/t13-/m1/s1. The molecule has 1 aromatic carbocycles. The number of likely N-dealkylation sites (tertiary alicyclic amines) is 1. The van der Waals surface area contributed by atoms with Crippen LogP contribution in [0.2, 0.25) is 0 Å². The lowest BCUT2D eigenvalue weighted by Crippen LogP contribution is -2.46. The van der Waals surface area contributed by atoms with Crippen molar-refractivity contribution in [1.29, 1.82) is 0 Å². The highest BCUT2D eigenvalue weighted by atomic mass is 16.2. The number of amides is 1. The number of piperidine rings is 1. The van der Waals surface area contributed by atoms with Crippen molar-refractivity contribution >= 4 is 5.91 Å². The van der Waals surface area contributed by atoms with Gasteiger partial charge in [0.2, 0.25) is 5.91 Å². The van der Waals surface area contributed by atoms with Crippen LogP contribution in [0.25, 0.3) is 0 Å². The second-order valence-electron chi connectivity index (χ2n) is 5.94. The molecule has 0 unspecified atom stereocenters. The zero-order valence-electron chi connectivity index (χ0n) is 11.3. The maximum atomic E-state index is 12.8. The van der Waals surface area contributed by atoms with E-state index < -0.39 is 0 Å². The van der Waals surface area contributed by atoms with E-state index in [1.54, 1.807) is 0 Å².